The second kappa shape index (κ2) is 7.00. The van der Waals surface area contributed by atoms with Crippen LogP contribution in [0.3, 0.4) is 0 Å². The molecule has 0 bridgehead atoms. The molecule has 5 heteroatoms. The fourth-order valence-corrected chi connectivity index (χ4v) is 4.71. The Balaban J connectivity index is 1.56. The van der Waals surface area contributed by atoms with E-state index < -0.39 is 6.29 Å². The summed E-state index contributed by atoms with van der Waals surface area (Å²) in [5, 5.41) is 1.17. The van der Waals surface area contributed by atoms with Gasteiger partial charge in [0.25, 0.3) is 0 Å². The first kappa shape index (κ1) is 17.3. The third kappa shape index (κ3) is 3.07. The van der Waals surface area contributed by atoms with Crippen molar-refractivity contribution in [2.45, 2.75) is 26.4 Å². The molecule has 1 aliphatic rings. The van der Waals surface area contributed by atoms with Gasteiger partial charge >= 0.3 is 0 Å². The summed E-state index contributed by atoms with van der Waals surface area (Å²) in [6, 6.07) is 21.2. The summed E-state index contributed by atoms with van der Waals surface area (Å²) in [6.45, 7) is 2.97. The number of thiazole rings is 1. The molecule has 0 unspecified atom stereocenters. The van der Waals surface area contributed by atoms with Gasteiger partial charge in [0.2, 0.25) is 16.8 Å². The van der Waals surface area contributed by atoms with Crippen LogP contribution in [0.2, 0.25) is 0 Å². The fourth-order valence-electron chi connectivity index (χ4n) is 3.69. The predicted molar refractivity (Wildman–Crippen MR) is 107 cm³/mol. The Labute approximate surface area is 166 Å². The molecule has 0 saturated carbocycles. The van der Waals surface area contributed by atoms with E-state index in [1.807, 2.05) is 42.5 Å². The van der Waals surface area contributed by atoms with E-state index >= 15 is 0 Å². The number of para-hydroxylation sites is 1. The third-order valence-corrected chi connectivity index (χ3v) is 6.10. The van der Waals surface area contributed by atoms with Crippen LogP contribution in [0.1, 0.15) is 28.0 Å². The van der Waals surface area contributed by atoms with Crippen LogP contribution in [0.15, 0.2) is 66.7 Å². The molecule has 4 aromatic rings. The molecule has 0 saturated heterocycles. The van der Waals surface area contributed by atoms with Gasteiger partial charge in [-0.1, -0.05) is 53.8 Å². The first-order valence-corrected chi connectivity index (χ1v) is 10.0. The van der Waals surface area contributed by atoms with Crippen molar-refractivity contribution in [3.8, 4) is 5.75 Å². The predicted octanol–water partition coefficient (Wildman–Crippen LogP) is 5.29. The number of rotatable bonds is 3. The van der Waals surface area contributed by atoms with Crippen LogP contribution in [-0.2, 0) is 17.9 Å². The van der Waals surface area contributed by atoms with Crippen molar-refractivity contribution in [3.05, 3.63) is 94.2 Å². The van der Waals surface area contributed by atoms with E-state index in [2.05, 4.69) is 23.6 Å². The minimum Gasteiger partial charge on any atom is -0.460 e. The maximum Gasteiger partial charge on any atom is 0.235 e. The van der Waals surface area contributed by atoms with Gasteiger partial charge in [0.1, 0.15) is 16.3 Å². The molecule has 1 atom stereocenters. The number of hydrogen-bond acceptors (Lipinski definition) is 3. The monoisotopic (exact) mass is 392 g/mol. The second-order valence-electron chi connectivity index (χ2n) is 6.90. The molecule has 0 spiro atoms. The van der Waals surface area contributed by atoms with Gasteiger partial charge in [-0.15, -0.1) is 0 Å². The van der Waals surface area contributed by atoms with Gasteiger partial charge in [-0.05, 0) is 18.2 Å². The molecule has 0 aliphatic carbocycles. The molecule has 5 rings (SSSR count). The minimum atomic E-state index is -0.483. The maximum absolute atomic E-state index is 14.3. The summed E-state index contributed by atoms with van der Waals surface area (Å²) >= 11 is 1.74. The van der Waals surface area contributed by atoms with Crippen LogP contribution in [0.4, 0.5) is 4.39 Å². The molecule has 1 aromatic heterocycles. The van der Waals surface area contributed by atoms with E-state index in [-0.39, 0.29) is 5.82 Å². The highest BCUT2D eigenvalue weighted by molar-refractivity contribution is 7.18. The number of fused-ring (bicyclic) bond motifs is 2. The first-order chi connectivity index (χ1) is 13.7. The molecule has 0 radical (unpaired) electrons. The molecule has 3 nitrogen and oxygen atoms in total. The Morgan fingerprint density at radius 3 is 2.71 bits per heavy atom. The van der Waals surface area contributed by atoms with Gasteiger partial charge < -0.3 is 9.47 Å². The van der Waals surface area contributed by atoms with E-state index in [4.69, 9.17) is 9.47 Å². The molecular weight excluding hydrogens is 373 g/mol. The van der Waals surface area contributed by atoms with Crippen molar-refractivity contribution < 1.29 is 18.4 Å². The van der Waals surface area contributed by atoms with Crippen LogP contribution in [0.25, 0.3) is 10.2 Å². The van der Waals surface area contributed by atoms with Crippen molar-refractivity contribution >= 4 is 21.6 Å². The highest BCUT2D eigenvalue weighted by atomic mass is 32.1. The lowest BCUT2D eigenvalue weighted by Gasteiger charge is -2.28. The van der Waals surface area contributed by atoms with Gasteiger partial charge in [-0.3, -0.25) is 0 Å². The SMILES string of the molecule is Cc1sc2ccccc2[n+]1Cc1cc(F)cc2c1O[C@H](c1ccccc1)OC2. The van der Waals surface area contributed by atoms with Crippen LogP contribution in [0, 0.1) is 12.7 Å². The molecule has 140 valence electrons. The number of benzene rings is 3. The number of aromatic nitrogens is 1. The maximum atomic E-state index is 14.3. The van der Waals surface area contributed by atoms with E-state index in [1.165, 1.54) is 15.8 Å². The van der Waals surface area contributed by atoms with E-state index in [1.54, 1.807) is 17.4 Å². The number of nitrogens with zero attached hydrogens (tertiary/aromatic N) is 1. The molecular formula is C23H19FNO2S+. The van der Waals surface area contributed by atoms with Crippen molar-refractivity contribution in [3.63, 3.8) is 0 Å². The van der Waals surface area contributed by atoms with Crippen molar-refractivity contribution in [2.75, 3.05) is 0 Å². The molecule has 0 fully saturated rings. The van der Waals surface area contributed by atoms with E-state index in [0.717, 1.165) is 28.0 Å². The van der Waals surface area contributed by atoms with Gasteiger partial charge in [0.15, 0.2) is 6.54 Å². The lowest BCUT2D eigenvalue weighted by atomic mass is 10.1. The van der Waals surface area contributed by atoms with Crippen molar-refractivity contribution in [1.29, 1.82) is 0 Å². The number of ether oxygens (including phenoxy) is 2. The van der Waals surface area contributed by atoms with Crippen LogP contribution in [-0.4, -0.2) is 0 Å². The van der Waals surface area contributed by atoms with Crippen LogP contribution < -0.4 is 9.30 Å². The zero-order chi connectivity index (χ0) is 19.1. The molecule has 3 aromatic carbocycles. The first-order valence-electron chi connectivity index (χ1n) is 9.21. The van der Waals surface area contributed by atoms with E-state index in [9.17, 15) is 4.39 Å². The molecule has 2 heterocycles. The molecule has 1 aliphatic heterocycles. The van der Waals surface area contributed by atoms with Crippen molar-refractivity contribution in [1.82, 2.24) is 0 Å². The standard InChI is InChI=1S/C23H19FNO2S/c1-15-25(20-9-5-6-10-21(20)28-15)13-17-11-19(24)12-18-14-26-23(27-22(17)18)16-7-3-2-4-8-16/h2-12,23H,13-14H2,1H3/q+1/t23-/m1/s1. The largest absolute Gasteiger partial charge is 0.460 e. The van der Waals surface area contributed by atoms with Gasteiger partial charge in [-0.25, -0.2) is 4.39 Å². The smallest absolute Gasteiger partial charge is 0.235 e. The zero-order valence-electron chi connectivity index (χ0n) is 15.4. The number of halogens is 1. The van der Waals surface area contributed by atoms with Crippen LogP contribution in [0.5, 0.6) is 5.75 Å². The Morgan fingerprint density at radius 1 is 1.07 bits per heavy atom. The Kier molecular flexibility index (Phi) is 4.34. The minimum absolute atomic E-state index is 0.267. The Hall–Kier alpha value is -2.76. The highest BCUT2D eigenvalue weighted by Gasteiger charge is 2.28. The molecule has 28 heavy (non-hydrogen) atoms. The summed E-state index contributed by atoms with van der Waals surface area (Å²) in [5.74, 6) is 0.459. The summed E-state index contributed by atoms with van der Waals surface area (Å²) in [6.07, 6.45) is -0.483. The Morgan fingerprint density at radius 2 is 1.86 bits per heavy atom. The average Bonchev–Trinajstić information content (AvgIpc) is 3.03. The topological polar surface area (TPSA) is 22.3 Å². The van der Waals surface area contributed by atoms with Crippen molar-refractivity contribution in [2.24, 2.45) is 0 Å². The van der Waals surface area contributed by atoms with Gasteiger partial charge in [-0.2, -0.15) is 4.57 Å². The molecule has 0 N–H and O–H groups in total. The number of aryl methyl sites for hydroxylation is 1. The average molecular weight is 392 g/mol. The number of hydrogen-bond donors (Lipinski definition) is 0. The highest BCUT2D eigenvalue weighted by Crippen LogP contribution is 2.36. The zero-order valence-corrected chi connectivity index (χ0v) is 16.2. The summed E-state index contributed by atoms with van der Waals surface area (Å²) in [7, 11) is 0. The van der Waals surface area contributed by atoms with Crippen LogP contribution >= 0.6 is 11.3 Å². The summed E-state index contributed by atoms with van der Waals surface area (Å²) in [4.78, 5) is 0. The molecule has 0 amide bonds. The van der Waals surface area contributed by atoms with E-state index in [0.29, 0.717) is 13.2 Å². The lowest BCUT2D eigenvalue weighted by molar-refractivity contribution is -0.664. The normalized spacial score (nSPS) is 16.0. The quantitative estimate of drug-likeness (QED) is 0.442. The summed E-state index contributed by atoms with van der Waals surface area (Å²) in [5.41, 5.74) is 3.68. The second-order valence-corrected chi connectivity index (χ2v) is 8.13. The third-order valence-electron chi connectivity index (χ3n) is 5.02. The van der Waals surface area contributed by atoms with Gasteiger partial charge in [0.05, 0.1) is 12.2 Å². The lowest BCUT2D eigenvalue weighted by Crippen LogP contribution is -2.36. The Bertz CT molecular complexity index is 1160. The fraction of sp³-hybridized carbons (Fsp3) is 0.174. The summed E-state index contributed by atoms with van der Waals surface area (Å²) < 4.78 is 29.8. The van der Waals surface area contributed by atoms with Gasteiger partial charge in [0, 0.05) is 24.1 Å².